The Kier molecular flexibility index (Phi) is 5.51. The number of rotatable bonds is 5. The van der Waals surface area contributed by atoms with Crippen molar-refractivity contribution in [3.63, 3.8) is 0 Å². The average molecular weight is 316 g/mol. The summed E-state index contributed by atoms with van der Waals surface area (Å²) in [6.07, 6.45) is 0.690. The Bertz CT molecular complexity index is 704. The molecule has 0 bridgehead atoms. The van der Waals surface area contributed by atoms with E-state index in [4.69, 9.17) is 9.15 Å². The van der Waals surface area contributed by atoms with Crippen molar-refractivity contribution in [2.45, 2.75) is 6.92 Å². The minimum Gasteiger partial charge on any atom is -0.462 e. The average Bonchev–Trinajstić information content (AvgIpc) is 3.04. The molecule has 0 radical (unpaired) electrons. The summed E-state index contributed by atoms with van der Waals surface area (Å²) in [5.41, 5.74) is 3.44. The van der Waals surface area contributed by atoms with Gasteiger partial charge in [0.25, 0.3) is 0 Å². The van der Waals surface area contributed by atoms with Crippen molar-refractivity contribution in [2.75, 3.05) is 13.7 Å². The molecule has 1 amide bonds. The van der Waals surface area contributed by atoms with Gasteiger partial charge in [0.05, 0.1) is 25.5 Å². The van der Waals surface area contributed by atoms with Crippen LogP contribution < -0.4 is 5.43 Å². The summed E-state index contributed by atoms with van der Waals surface area (Å²) in [6.45, 7) is 2.09. The van der Waals surface area contributed by atoms with E-state index in [1.54, 1.807) is 43.3 Å². The summed E-state index contributed by atoms with van der Waals surface area (Å²) in [5, 5.41) is 3.67. The topological polar surface area (TPSA) is 90.1 Å². The van der Waals surface area contributed by atoms with E-state index in [0.29, 0.717) is 23.7 Å². The second kappa shape index (κ2) is 7.79. The zero-order valence-electron chi connectivity index (χ0n) is 12.7. The van der Waals surface area contributed by atoms with Crippen LogP contribution in [0.4, 0.5) is 4.79 Å². The van der Waals surface area contributed by atoms with Crippen LogP contribution in [0, 0.1) is 0 Å². The third-order valence-corrected chi connectivity index (χ3v) is 2.84. The summed E-state index contributed by atoms with van der Waals surface area (Å²) in [4.78, 5) is 22.4. The Balaban J connectivity index is 2.05. The molecule has 1 N–H and O–H groups in total. The molecule has 1 heterocycles. The number of carbonyl (C=O) groups is 2. The van der Waals surface area contributed by atoms with Crippen molar-refractivity contribution in [2.24, 2.45) is 5.10 Å². The molecule has 2 aromatic rings. The van der Waals surface area contributed by atoms with Crippen molar-refractivity contribution >= 4 is 18.3 Å². The molecule has 120 valence electrons. The lowest BCUT2D eigenvalue weighted by atomic mass is 10.1. The number of methoxy groups -OCH3 is 1. The highest BCUT2D eigenvalue weighted by Crippen LogP contribution is 2.22. The van der Waals surface area contributed by atoms with E-state index in [-0.39, 0.29) is 5.97 Å². The fourth-order valence-corrected chi connectivity index (χ4v) is 1.76. The second-order valence-electron chi connectivity index (χ2n) is 4.36. The van der Waals surface area contributed by atoms with Crippen LogP contribution in [0.2, 0.25) is 0 Å². The molecule has 0 fully saturated rings. The lowest BCUT2D eigenvalue weighted by molar-refractivity contribution is 0.0526. The van der Waals surface area contributed by atoms with Gasteiger partial charge in [0.2, 0.25) is 0 Å². The Morgan fingerprint density at radius 2 is 1.96 bits per heavy atom. The fourth-order valence-electron chi connectivity index (χ4n) is 1.76. The maximum Gasteiger partial charge on any atom is 0.427 e. The van der Waals surface area contributed by atoms with Crippen LogP contribution in [0.15, 0.2) is 45.9 Å². The smallest absolute Gasteiger partial charge is 0.427 e. The van der Waals surface area contributed by atoms with Gasteiger partial charge in [-0.05, 0) is 31.2 Å². The molecular formula is C16H16N2O5. The zero-order valence-corrected chi connectivity index (χ0v) is 12.7. The Morgan fingerprint density at radius 3 is 2.61 bits per heavy atom. The van der Waals surface area contributed by atoms with Gasteiger partial charge in [-0.1, -0.05) is 12.1 Å². The van der Waals surface area contributed by atoms with Crippen LogP contribution in [0.25, 0.3) is 11.3 Å². The van der Waals surface area contributed by atoms with Crippen LogP contribution in [0.1, 0.15) is 23.0 Å². The van der Waals surface area contributed by atoms with Gasteiger partial charge in [-0.2, -0.15) is 5.10 Å². The van der Waals surface area contributed by atoms with Gasteiger partial charge in [0, 0.05) is 5.56 Å². The molecule has 0 saturated carbocycles. The van der Waals surface area contributed by atoms with Crippen molar-refractivity contribution < 1.29 is 23.5 Å². The van der Waals surface area contributed by atoms with Gasteiger partial charge in [-0.15, -0.1) is 0 Å². The molecule has 0 atom stereocenters. The summed E-state index contributed by atoms with van der Waals surface area (Å²) >= 11 is 0. The normalized spacial score (nSPS) is 10.5. The predicted molar refractivity (Wildman–Crippen MR) is 83.2 cm³/mol. The molecule has 7 nitrogen and oxygen atoms in total. The predicted octanol–water partition coefficient (Wildman–Crippen LogP) is 2.81. The minimum atomic E-state index is -0.664. The molecule has 23 heavy (non-hydrogen) atoms. The van der Waals surface area contributed by atoms with Crippen molar-refractivity contribution in [1.29, 1.82) is 0 Å². The summed E-state index contributed by atoms with van der Waals surface area (Å²) < 4.78 is 14.9. The van der Waals surface area contributed by atoms with Crippen LogP contribution in [-0.2, 0) is 9.47 Å². The van der Waals surface area contributed by atoms with E-state index in [1.165, 1.54) is 13.3 Å². The quantitative estimate of drug-likeness (QED) is 0.520. The number of esters is 1. The highest BCUT2D eigenvalue weighted by atomic mass is 16.5. The number of nitrogens with zero attached hydrogens (tertiary/aromatic N) is 1. The number of hydrogen-bond donors (Lipinski definition) is 1. The van der Waals surface area contributed by atoms with E-state index >= 15 is 0 Å². The number of nitrogens with one attached hydrogen (secondary N) is 1. The van der Waals surface area contributed by atoms with Gasteiger partial charge < -0.3 is 13.9 Å². The molecule has 0 saturated heterocycles. The van der Waals surface area contributed by atoms with Crippen LogP contribution in [-0.4, -0.2) is 32.0 Å². The molecule has 0 aliphatic heterocycles. The van der Waals surface area contributed by atoms with E-state index in [1.807, 2.05) is 0 Å². The van der Waals surface area contributed by atoms with Crippen molar-refractivity contribution in [1.82, 2.24) is 5.43 Å². The first-order valence-electron chi connectivity index (χ1n) is 6.88. The first kappa shape index (κ1) is 16.3. The number of ether oxygens (including phenoxy) is 2. The summed E-state index contributed by atoms with van der Waals surface area (Å²) in [6, 6.07) is 10.3. The van der Waals surface area contributed by atoms with E-state index in [2.05, 4.69) is 15.3 Å². The molecule has 0 aliphatic carbocycles. The molecule has 0 spiro atoms. The minimum absolute atomic E-state index is 0.334. The van der Waals surface area contributed by atoms with E-state index in [0.717, 1.165) is 5.56 Å². The molecular weight excluding hydrogens is 300 g/mol. The number of amides is 1. The second-order valence-corrected chi connectivity index (χ2v) is 4.36. The van der Waals surface area contributed by atoms with Crippen LogP contribution >= 0.6 is 0 Å². The number of hydrazone groups is 1. The van der Waals surface area contributed by atoms with Gasteiger partial charge in [-0.3, -0.25) is 0 Å². The highest BCUT2D eigenvalue weighted by molar-refractivity contribution is 5.90. The maximum absolute atomic E-state index is 11.6. The lowest BCUT2D eigenvalue weighted by Gasteiger charge is -2.02. The SMILES string of the molecule is CCOC(=O)c1ccc(-c2ccc(/C=N/NC(=O)OC)o2)cc1. The molecule has 0 aliphatic rings. The number of carbonyl (C=O) groups excluding carboxylic acids is 2. The van der Waals surface area contributed by atoms with Crippen LogP contribution in [0.3, 0.4) is 0 Å². The van der Waals surface area contributed by atoms with Gasteiger partial charge in [0.1, 0.15) is 11.5 Å². The number of hydrogen-bond acceptors (Lipinski definition) is 6. The zero-order chi connectivity index (χ0) is 16.7. The van der Waals surface area contributed by atoms with Gasteiger partial charge in [-0.25, -0.2) is 15.0 Å². The monoisotopic (exact) mass is 316 g/mol. The molecule has 7 heteroatoms. The van der Waals surface area contributed by atoms with Crippen molar-refractivity contribution in [3.05, 3.63) is 47.7 Å². The Morgan fingerprint density at radius 1 is 1.22 bits per heavy atom. The standard InChI is InChI=1S/C16H16N2O5/c1-3-22-15(19)12-6-4-11(5-7-12)14-9-8-13(23-14)10-17-18-16(20)21-2/h4-10H,3H2,1-2H3,(H,18,20)/b17-10+. The highest BCUT2D eigenvalue weighted by Gasteiger charge is 2.08. The molecule has 0 unspecified atom stereocenters. The number of furan rings is 1. The molecule has 2 rings (SSSR count). The van der Waals surface area contributed by atoms with Crippen LogP contribution in [0.5, 0.6) is 0 Å². The first-order chi connectivity index (χ1) is 11.1. The molecule has 1 aromatic carbocycles. The number of benzene rings is 1. The first-order valence-corrected chi connectivity index (χ1v) is 6.88. The van der Waals surface area contributed by atoms with Crippen molar-refractivity contribution in [3.8, 4) is 11.3 Å². The lowest BCUT2D eigenvalue weighted by Crippen LogP contribution is -2.16. The maximum atomic E-state index is 11.6. The van der Waals surface area contributed by atoms with Gasteiger partial charge >= 0.3 is 12.1 Å². The van der Waals surface area contributed by atoms with E-state index < -0.39 is 6.09 Å². The summed E-state index contributed by atoms with van der Waals surface area (Å²) in [7, 11) is 1.25. The molecule has 1 aromatic heterocycles. The third kappa shape index (κ3) is 4.44. The Hall–Kier alpha value is -3.09. The largest absolute Gasteiger partial charge is 0.462 e. The summed E-state index contributed by atoms with van der Waals surface area (Å²) in [5.74, 6) is 0.714. The third-order valence-electron chi connectivity index (χ3n) is 2.84. The van der Waals surface area contributed by atoms with Gasteiger partial charge in [0.15, 0.2) is 0 Å². The Labute approximate surface area is 132 Å². The fraction of sp³-hybridized carbons (Fsp3) is 0.188. The van der Waals surface area contributed by atoms with E-state index in [9.17, 15) is 9.59 Å².